The standard InChI is InChI=1S/C18H29ClN2O.C5H10.CH4.3H2O/c1-5-16(20-4)17(22)21-11-10-15(18(2,3)12-21)13-6-8-14(19)9-7-13;1-2-4-5-3-1;;;;/h6,8,15-16,20H,5,7,9-12H2,1-4H3;1-5H2;1H4;3*1H2/t15?,16-;;;;;/m1...../s1. The molecule has 3 rings (SSSR count). The fraction of sp³-hybridized carbons (Fsp3) is 0.792. The molecule has 0 spiro atoms. The minimum absolute atomic E-state index is 0. The second-order valence-corrected chi connectivity index (χ2v) is 9.45. The first-order valence-corrected chi connectivity index (χ1v) is 11.3. The number of likely N-dealkylation sites (tertiary alicyclic amines) is 1. The van der Waals surface area contributed by atoms with Crippen molar-refractivity contribution < 1.29 is 21.2 Å². The number of nitrogens with zero attached hydrogens (tertiary/aromatic N) is 1. The molecule has 0 aromatic heterocycles. The SMILES string of the molecule is C.C1CCCC1.CC[C@@H](NC)C(=O)N1CCC(C2=CC=C(Cl)CC2)C(C)(C)C1.O.O.O. The highest BCUT2D eigenvalue weighted by Gasteiger charge is 2.40. The molecule has 1 saturated heterocycles. The van der Waals surface area contributed by atoms with Gasteiger partial charge in [0, 0.05) is 18.1 Å². The van der Waals surface area contributed by atoms with E-state index < -0.39 is 0 Å². The number of carbonyl (C=O) groups is 1. The van der Waals surface area contributed by atoms with E-state index in [4.69, 9.17) is 11.6 Å². The third-order valence-electron chi connectivity index (χ3n) is 6.42. The number of nitrogens with one attached hydrogen (secondary N) is 1. The molecule has 2 fully saturated rings. The summed E-state index contributed by atoms with van der Waals surface area (Å²) in [6.45, 7) is 8.33. The van der Waals surface area contributed by atoms with Gasteiger partial charge in [0.1, 0.15) is 0 Å². The van der Waals surface area contributed by atoms with Crippen LogP contribution in [-0.2, 0) is 4.79 Å². The molecule has 31 heavy (non-hydrogen) atoms. The molecular weight excluding hydrogens is 416 g/mol. The lowest BCUT2D eigenvalue weighted by Crippen LogP contribution is -2.53. The molecule has 186 valence electrons. The van der Waals surface area contributed by atoms with Gasteiger partial charge < -0.3 is 26.6 Å². The van der Waals surface area contributed by atoms with E-state index in [1.165, 1.54) is 37.7 Å². The van der Waals surface area contributed by atoms with Crippen LogP contribution in [0, 0.1) is 11.3 Å². The number of hydrogen-bond donors (Lipinski definition) is 1. The Balaban J connectivity index is -0.000000769. The number of rotatable bonds is 4. The molecule has 0 radical (unpaired) electrons. The zero-order valence-electron chi connectivity index (χ0n) is 19.3. The van der Waals surface area contributed by atoms with E-state index in [0.29, 0.717) is 5.92 Å². The lowest BCUT2D eigenvalue weighted by Gasteiger charge is -2.46. The third kappa shape index (κ3) is 10.0. The van der Waals surface area contributed by atoms with E-state index in [0.717, 1.165) is 43.8 Å². The monoisotopic (exact) mass is 464 g/mol. The predicted molar refractivity (Wildman–Crippen MR) is 134 cm³/mol. The molecule has 1 saturated carbocycles. The van der Waals surface area contributed by atoms with Crippen LogP contribution in [0.5, 0.6) is 0 Å². The molecule has 1 amide bonds. The van der Waals surface area contributed by atoms with Gasteiger partial charge in [-0.3, -0.25) is 4.79 Å². The van der Waals surface area contributed by atoms with Gasteiger partial charge >= 0.3 is 0 Å². The summed E-state index contributed by atoms with van der Waals surface area (Å²) < 4.78 is 0. The second kappa shape index (κ2) is 16.7. The third-order valence-corrected chi connectivity index (χ3v) is 6.74. The van der Waals surface area contributed by atoms with Gasteiger partial charge in [0.2, 0.25) is 5.91 Å². The van der Waals surface area contributed by atoms with Crippen molar-refractivity contribution in [3.05, 3.63) is 22.8 Å². The normalized spacial score (nSPS) is 22.5. The van der Waals surface area contributed by atoms with Gasteiger partial charge in [0.25, 0.3) is 0 Å². The average Bonchev–Trinajstić information content (AvgIpc) is 3.23. The molecule has 2 atom stereocenters. The van der Waals surface area contributed by atoms with Crippen LogP contribution in [0.2, 0.25) is 0 Å². The fourth-order valence-electron chi connectivity index (χ4n) is 4.76. The average molecular weight is 465 g/mol. The van der Waals surface area contributed by atoms with Crippen molar-refractivity contribution >= 4 is 17.5 Å². The Labute approximate surface area is 195 Å². The van der Waals surface area contributed by atoms with Crippen LogP contribution >= 0.6 is 11.6 Å². The highest BCUT2D eigenvalue weighted by Crippen LogP contribution is 2.42. The number of carbonyl (C=O) groups excluding carboxylic acids is 1. The fourth-order valence-corrected chi connectivity index (χ4v) is 4.91. The molecule has 6 nitrogen and oxygen atoms in total. The van der Waals surface area contributed by atoms with Crippen LogP contribution in [0.1, 0.15) is 86.0 Å². The van der Waals surface area contributed by atoms with Gasteiger partial charge in [-0.1, -0.05) is 83.6 Å². The Hall–Kier alpha value is -0.920. The van der Waals surface area contributed by atoms with Gasteiger partial charge in [-0.2, -0.15) is 0 Å². The topological polar surface area (TPSA) is 127 Å². The number of halogens is 1. The van der Waals surface area contributed by atoms with Crippen molar-refractivity contribution in [3.63, 3.8) is 0 Å². The van der Waals surface area contributed by atoms with E-state index in [-0.39, 0.29) is 41.2 Å². The van der Waals surface area contributed by atoms with E-state index in [1.807, 2.05) is 18.0 Å². The maximum absolute atomic E-state index is 12.6. The minimum atomic E-state index is -0.0528. The van der Waals surface area contributed by atoms with Crippen molar-refractivity contribution in [2.24, 2.45) is 11.3 Å². The van der Waals surface area contributed by atoms with Gasteiger partial charge in [-0.15, -0.1) is 0 Å². The number of allylic oxidation sites excluding steroid dienone is 4. The molecular formula is C24H49ClN2O4. The van der Waals surface area contributed by atoms with Crippen LogP contribution in [0.15, 0.2) is 22.8 Å². The van der Waals surface area contributed by atoms with Crippen molar-refractivity contribution in [1.82, 2.24) is 10.2 Å². The van der Waals surface area contributed by atoms with E-state index in [1.54, 1.807) is 0 Å². The molecule has 1 aliphatic heterocycles. The zero-order valence-corrected chi connectivity index (χ0v) is 20.1. The summed E-state index contributed by atoms with van der Waals surface area (Å²) in [5, 5.41) is 4.08. The summed E-state index contributed by atoms with van der Waals surface area (Å²) >= 11 is 6.08. The van der Waals surface area contributed by atoms with Crippen LogP contribution in [0.4, 0.5) is 0 Å². The smallest absolute Gasteiger partial charge is 0.239 e. The van der Waals surface area contributed by atoms with Crippen molar-refractivity contribution in [3.8, 4) is 0 Å². The molecule has 7 heteroatoms. The Kier molecular flexibility index (Phi) is 18.7. The molecule has 2 aliphatic carbocycles. The summed E-state index contributed by atoms with van der Waals surface area (Å²) in [4.78, 5) is 14.6. The van der Waals surface area contributed by atoms with E-state index in [9.17, 15) is 4.79 Å². The molecule has 7 N–H and O–H groups in total. The lowest BCUT2D eigenvalue weighted by molar-refractivity contribution is -0.137. The first-order valence-electron chi connectivity index (χ1n) is 10.9. The molecule has 0 aromatic rings. The Morgan fingerprint density at radius 3 is 2.06 bits per heavy atom. The first-order chi connectivity index (χ1) is 12.9. The molecule has 1 unspecified atom stereocenters. The van der Waals surface area contributed by atoms with Crippen molar-refractivity contribution in [2.45, 2.75) is 92.0 Å². The molecule has 1 heterocycles. The molecule has 0 aromatic carbocycles. The maximum atomic E-state index is 12.6. The number of amides is 1. The Morgan fingerprint density at radius 2 is 1.68 bits per heavy atom. The van der Waals surface area contributed by atoms with Crippen LogP contribution in [0.3, 0.4) is 0 Å². The summed E-state index contributed by atoms with van der Waals surface area (Å²) in [5.41, 5.74) is 1.62. The Morgan fingerprint density at radius 1 is 1.13 bits per heavy atom. The van der Waals surface area contributed by atoms with Gasteiger partial charge in [-0.05, 0) is 50.1 Å². The Bertz CT molecular complexity index is 548. The first kappa shape index (κ1) is 34.7. The van der Waals surface area contributed by atoms with E-state index in [2.05, 4.69) is 32.2 Å². The number of hydrogen-bond acceptors (Lipinski definition) is 2. The minimum Gasteiger partial charge on any atom is -0.412 e. The number of likely N-dealkylation sites (N-methyl/N-ethyl adjacent to an activating group) is 1. The number of piperidine rings is 1. The predicted octanol–water partition coefficient (Wildman–Crippen LogP) is 3.81. The molecule has 0 bridgehead atoms. The molecule has 3 aliphatic rings. The second-order valence-electron chi connectivity index (χ2n) is 8.96. The highest BCUT2D eigenvalue weighted by molar-refractivity contribution is 6.29. The van der Waals surface area contributed by atoms with Crippen molar-refractivity contribution in [2.75, 3.05) is 20.1 Å². The van der Waals surface area contributed by atoms with Gasteiger partial charge in [0.15, 0.2) is 0 Å². The lowest BCUT2D eigenvalue weighted by atomic mass is 9.68. The summed E-state index contributed by atoms with van der Waals surface area (Å²) in [6, 6.07) is -0.0528. The largest absolute Gasteiger partial charge is 0.412 e. The highest BCUT2D eigenvalue weighted by atomic mass is 35.5. The van der Waals surface area contributed by atoms with Crippen LogP contribution in [0.25, 0.3) is 0 Å². The maximum Gasteiger partial charge on any atom is 0.239 e. The summed E-state index contributed by atoms with van der Waals surface area (Å²) in [6.07, 6.45) is 15.7. The van der Waals surface area contributed by atoms with Crippen LogP contribution in [-0.4, -0.2) is 53.4 Å². The summed E-state index contributed by atoms with van der Waals surface area (Å²) in [7, 11) is 1.87. The van der Waals surface area contributed by atoms with Crippen molar-refractivity contribution in [1.29, 1.82) is 0 Å². The van der Waals surface area contributed by atoms with Gasteiger partial charge in [-0.25, -0.2) is 0 Å². The van der Waals surface area contributed by atoms with E-state index >= 15 is 0 Å². The van der Waals surface area contributed by atoms with Crippen LogP contribution < -0.4 is 5.32 Å². The quantitative estimate of drug-likeness (QED) is 0.678. The zero-order chi connectivity index (χ0) is 19.9. The summed E-state index contributed by atoms with van der Waals surface area (Å²) in [5.74, 6) is 0.796. The van der Waals surface area contributed by atoms with Gasteiger partial charge in [0.05, 0.1) is 6.04 Å².